The molecule has 1 amide bonds. The average molecular weight is 420 g/mol. The van der Waals surface area contributed by atoms with Crippen LogP contribution in [-0.4, -0.2) is 28.6 Å². The van der Waals surface area contributed by atoms with Gasteiger partial charge in [-0.25, -0.2) is 0 Å². The van der Waals surface area contributed by atoms with Gasteiger partial charge in [-0.1, -0.05) is 29.0 Å². The van der Waals surface area contributed by atoms with E-state index in [1.807, 2.05) is 36.6 Å². The highest BCUT2D eigenvalue weighted by Gasteiger charge is 2.20. The topological polar surface area (TPSA) is 86.7 Å². The van der Waals surface area contributed by atoms with Crippen molar-refractivity contribution in [2.24, 2.45) is 4.99 Å². The van der Waals surface area contributed by atoms with Crippen LogP contribution in [0, 0.1) is 17.0 Å². The molecule has 0 aliphatic carbocycles. The van der Waals surface area contributed by atoms with Gasteiger partial charge in [-0.2, -0.15) is 4.99 Å². The third kappa shape index (κ3) is 4.30. The molecule has 0 spiro atoms. The van der Waals surface area contributed by atoms with Gasteiger partial charge in [0.15, 0.2) is 4.80 Å². The lowest BCUT2D eigenvalue weighted by molar-refractivity contribution is -0.385. The molecule has 0 radical (unpaired) electrons. The summed E-state index contributed by atoms with van der Waals surface area (Å²) in [7, 11) is 0. The molecule has 0 atom stereocenters. The van der Waals surface area contributed by atoms with Gasteiger partial charge in [0.1, 0.15) is 5.56 Å². The largest absolute Gasteiger partial charge is 0.380 e. The number of carbonyl (C=O) groups excluding carboxylic acids is 1. The Balaban J connectivity index is 2.13. The number of hydrogen-bond acceptors (Lipinski definition) is 5. The van der Waals surface area contributed by atoms with Crippen LogP contribution in [0.1, 0.15) is 22.8 Å². The number of nitrogens with zero attached hydrogens (tertiary/aromatic N) is 3. The molecule has 0 bridgehead atoms. The number of carbonyl (C=O) groups is 1. The molecule has 7 nitrogen and oxygen atoms in total. The smallest absolute Gasteiger partial charge is 0.286 e. The van der Waals surface area contributed by atoms with E-state index < -0.39 is 10.8 Å². The minimum Gasteiger partial charge on any atom is -0.380 e. The first-order valence-corrected chi connectivity index (χ1v) is 9.81. The van der Waals surface area contributed by atoms with Crippen LogP contribution in [0.5, 0.6) is 0 Å². The van der Waals surface area contributed by atoms with Crippen LogP contribution < -0.4 is 4.80 Å². The summed E-state index contributed by atoms with van der Waals surface area (Å²) in [5.74, 6) is -0.706. The molecule has 1 heterocycles. The second-order valence-corrected chi connectivity index (χ2v) is 7.49. The number of nitro groups is 1. The molecule has 146 valence electrons. The van der Waals surface area contributed by atoms with E-state index in [1.165, 1.54) is 29.5 Å². The fraction of sp³-hybridized carbons (Fsp3) is 0.263. The van der Waals surface area contributed by atoms with Crippen molar-refractivity contribution in [2.45, 2.75) is 20.4 Å². The normalized spacial score (nSPS) is 11.9. The SMILES string of the molecule is CCOCCn1c(=NC(=O)c2cc(Cl)ccc2[N+](=O)[O-])sc2cc(C)ccc21. The Kier molecular flexibility index (Phi) is 6.23. The first-order valence-electron chi connectivity index (χ1n) is 8.61. The van der Waals surface area contributed by atoms with Crippen molar-refractivity contribution >= 4 is 44.7 Å². The molecule has 3 aromatic rings. The Morgan fingerprint density at radius 1 is 1.32 bits per heavy atom. The molecule has 0 N–H and O–H groups in total. The molecule has 0 saturated carbocycles. The Bertz CT molecular complexity index is 1120. The monoisotopic (exact) mass is 419 g/mol. The highest BCUT2D eigenvalue weighted by Crippen LogP contribution is 2.24. The highest BCUT2D eigenvalue weighted by molar-refractivity contribution is 7.16. The zero-order valence-electron chi connectivity index (χ0n) is 15.3. The molecule has 1 aromatic heterocycles. The summed E-state index contributed by atoms with van der Waals surface area (Å²) in [6, 6.07) is 9.83. The Morgan fingerprint density at radius 2 is 2.11 bits per heavy atom. The number of rotatable bonds is 6. The second kappa shape index (κ2) is 8.64. The lowest BCUT2D eigenvalue weighted by atomic mass is 10.2. The molecule has 0 aliphatic rings. The molecule has 0 fully saturated rings. The molecule has 3 rings (SSSR count). The maximum absolute atomic E-state index is 12.7. The van der Waals surface area contributed by atoms with Crippen molar-refractivity contribution in [3.05, 3.63) is 67.5 Å². The minimum absolute atomic E-state index is 0.137. The van der Waals surface area contributed by atoms with Gasteiger partial charge >= 0.3 is 0 Å². The number of fused-ring (bicyclic) bond motifs is 1. The van der Waals surface area contributed by atoms with E-state index in [4.69, 9.17) is 16.3 Å². The average Bonchev–Trinajstić information content (AvgIpc) is 2.97. The summed E-state index contributed by atoms with van der Waals surface area (Å²) in [5, 5.41) is 11.5. The number of amides is 1. The summed E-state index contributed by atoms with van der Waals surface area (Å²) in [4.78, 5) is 28.0. The van der Waals surface area contributed by atoms with Crippen LogP contribution in [0.3, 0.4) is 0 Å². The van der Waals surface area contributed by atoms with E-state index in [0.717, 1.165) is 15.8 Å². The summed E-state index contributed by atoms with van der Waals surface area (Å²) in [6.07, 6.45) is 0. The van der Waals surface area contributed by atoms with Crippen molar-refractivity contribution in [3.63, 3.8) is 0 Å². The molecule has 9 heteroatoms. The third-order valence-electron chi connectivity index (χ3n) is 4.08. The molecule has 0 unspecified atom stereocenters. The van der Waals surface area contributed by atoms with E-state index in [0.29, 0.717) is 24.6 Å². The van der Waals surface area contributed by atoms with Gasteiger partial charge in [0.2, 0.25) is 0 Å². The third-order valence-corrected chi connectivity index (χ3v) is 5.36. The number of thiazole rings is 1. The van der Waals surface area contributed by atoms with Crippen molar-refractivity contribution < 1.29 is 14.5 Å². The molecular weight excluding hydrogens is 402 g/mol. The summed E-state index contributed by atoms with van der Waals surface area (Å²) in [6.45, 7) is 5.46. The Hall–Kier alpha value is -2.55. The maximum atomic E-state index is 12.7. The van der Waals surface area contributed by atoms with Gasteiger partial charge in [-0.15, -0.1) is 0 Å². The van der Waals surface area contributed by atoms with E-state index >= 15 is 0 Å². The van der Waals surface area contributed by atoms with Gasteiger partial charge in [-0.3, -0.25) is 14.9 Å². The lowest BCUT2D eigenvalue weighted by Crippen LogP contribution is -2.20. The standard InChI is InChI=1S/C19H18ClN3O4S/c1-3-27-9-8-22-16-6-4-12(2)10-17(16)28-19(22)21-18(24)14-11-13(20)5-7-15(14)23(25)26/h4-7,10-11H,3,8-9H2,1-2H3. The number of aromatic nitrogens is 1. The Morgan fingerprint density at radius 3 is 2.82 bits per heavy atom. The quantitative estimate of drug-likeness (QED) is 0.337. The fourth-order valence-corrected chi connectivity index (χ4v) is 4.09. The molecule has 28 heavy (non-hydrogen) atoms. The van der Waals surface area contributed by atoms with Crippen molar-refractivity contribution in [1.82, 2.24) is 4.57 Å². The van der Waals surface area contributed by atoms with E-state index in [9.17, 15) is 14.9 Å². The van der Waals surface area contributed by atoms with E-state index in [2.05, 4.69) is 4.99 Å². The maximum Gasteiger partial charge on any atom is 0.286 e. The highest BCUT2D eigenvalue weighted by atomic mass is 35.5. The van der Waals surface area contributed by atoms with Crippen molar-refractivity contribution in [3.8, 4) is 0 Å². The van der Waals surface area contributed by atoms with Crippen molar-refractivity contribution in [1.29, 1.82) is 0 Å². The number of halogens is 1. The lowest BCUT2D eigenvalue weighted by Gasteiger charge is -2.05. The van der Waals surface area contributed by atoms with E-state index in [-0.39, 0.29) is 16.3 Å². The first kappa shape index (κ1) is 20.2. The summed E-state index contributed by atoms with van der Waals surface area (Å²) < 4.78 is 8.31. The first-order chi connectivity index (χ1) is 13.4. The van der Waals surface area contributed by atoms with Gasteiger partial charge in [0, 0.05) is 24.2 Å². The van der Waals surface area contributed by atoms with Crippen LogP contribution in [0.15, 0.2) is 41.4 Å². The zero-order valence-corrected chi connectivity index (χ0v) is 16.9. The Labute approximate surface area is 170 Å². The summed E-state index contributed by atoms with van der Waals surface area (Å²) in [5.41, 5.74) is 1.56. The van der Waals surface area contributed by atoms with Gasteiger partial charge in [0.05, 0.1) is 21.7 Å². The van der Waals surface area contributed by atoms with Crippen molar-refractivity contribution in [2.75, 3.05) is 13.2 Å². The number of hydrogen-bond donors (Lipinski definition) is 0. The van der Waals surface area contributed by atoms with Gasteiger partial charge < -0.3 is 9.30 Å². The predicted octanol–water partition coefficient (Wildman–Crippen LogP) is 4.35. The molecule has 0 aliphatic heterocycles. The molecular formula is C19H18ClN3O4S. The zero-order chi connectivity index (χ0) is 20.3. The van der Waals surface area contributed by atoms with Crippen LogP contribution in [0.25, 0.3) is 10.2 Å². The van der Waals surface area contributed by atoms with Crippen LogP contribution in [0.2, 0.25) is 5.02 Å². The number of nitro benzene ring substituents is 1. The fourth-order valence-electron chi connectivity index (χ4n) is 2.77. The van der Waals surface area contributed by atoms with Gasteiger partial charge in [-0.05, 0) is 43.7 Å². The predicted molar refractivity (Wildman–Crippen MR) is 109 cm³/mol. The van der Waals surface area contributed by atoms with Crippen LogP contribution in [-0.2, 0) is 11.3 Å². The summed E-state index contributed by atoms with van der Waals surface area (Å²) >= 11 is 7.28. The van der Waals surface area contributed by atoms with Crippen LogP contribution >= 0.6 is 22.9 Å². The molecule has 0 saturated heterocycles. The minimum atomic E-state index is -0.706. The van der Waals surface area contributed by atoms with E-state index in [1.54, 1.807) is 0 Å². The molecule has 2 aromatic carbocycles. The number of benzene rings is 2. The van der Waals surface area contributed by atoms with Crippen LogP contribution in [0.4, 0.5) is 5.69 Å². The second-order valence-electron chi connectivity index (χ2n) is 6.04. The number of aryl methyl sites for hydroxylation is 1. The van der Waals surface area contributed by atoms with Gasteiger partial charge in [0.25, 0.3) is 11.6 Å². The number of ether oxygens (including phenoxy) is 1.